The van der Waals surface area contributed by atoms with E-state index in [1.807, 2.05) is 35.2 Å². The number of carbonyl (C=O) groups is 1. The molecule has 29 heavy (non-hydrogen) atoms. The molecule has 2 aromatic carbocycles. The van der Waals surface area contributed by atoms with Gasteiger partial charge in [0.25, 0.3) is 0 Å². The highest BCUT2D eigenvalue weighted by atomic mass is 32.2. The number of carbonyl (C=O) groups excluding carboxylic acids is 1. The third-order valence-electron chi connectivity index (χ3n) is 5.61. The number of amides is 1. The molecule has 1 atom stereocenters. The van der Waals surface area contributed by atoms with Gasteiger partial charge in [-0.2, -0.15) is 0 Å². The second-order valence-corrected chi connectivity index (χ2v) is 8.67. The summed E-state index contributed by atoms with van der Waals surface area (Å²) in [6.07, 6.45) is 5.61. The Kier molecular flexibility index (Phi) is 6.19. The number of nitrogens with zero attached hydrogens (tertiary/aromatic N) is 1. The first-order chi connectivity index (χ1) is 14.1. The summed E-state index contributed by atoms with van der Waals surface area (Å²) in [6, 6.07) is 13.2. The van der Waals surface area contributed by atoms with Crippen molar-refractivity contribution >= 4 is 17.7 Å². The maximum Gasteiger partial charge on any atom is 0.233 e. The van der Waals surface area contributed by atoms with Crippen LogP contribution in [0, 0.1) is 0 Å². The van der Waals surface area contributed by atoms with Crippen LogP contribution in [0.3, 0.4) is 0 Å². The average molecular weight is 414 g/mol. The summed E-state index contributed by atoms with van der Waals surface area (Å²) in [5, 5.41) is 9.43. The minimum atomic E-state index is -0.0172. The Balaban J connectivity index is 1.50. The minimum Gasteiger partial charge on any atom is -0.508 e. The predicted octanol–water partition coefficient (Wildman–Crippen LogP) is 4.54. The number of benzene rings is 2. The molecule has 6 heteroatoms. The van der Waals surface area contributed by atoms with E-state index in [2.05, 4.69) is 0 Å². The van der Waals surface area contributed by atoms with Crippen LogP contribution in [0.4, 0.5) is 0 Å². The number of hydrogen-bond donors (Lipinski definition) is 1. The van der Waals surface area contributed by atoms with Gasteiger partial charge >= 0.3 is 0 Å². The minimum absolute atomic E-state index is 0.0172. The van der Waals surface area contributed by atoms with Gasteiger partial charge in [-0.15, -0.1) is 11.8 Å². The maximum absolute atomic E-state index is 12.5. The van der Waals surface area contributed by atoms with E-state index in [0.717, 1.165) is 41.9 Å². The summed E-state index contributed by atoms with van der Waals surface area (Å²) in [5.74, 6) is 2.42. The Morgan fingerprint density at radius 3 is 2.59 bits per heavy atom. The molecule has 1 amide bonds. The second kappa shape index (κ2) is 8.99. The van der Waals surface area contributed by atoms with Gasteiger partial charge in [0.05, 0.1) is 19.0 Å². The topological polar surface area (TPSA) is 59.0 Å². The van der Waals surface area contributed by atoms with Gasteiger partial charge < -0.3 is 19.5 Å². The van der Waals surface area contributed by atoms with Crippen molar-refractivity contribution in [1.82, 2.24) is 4.90 Å². The van der Waals surface area contributed by atoms with Crippen molar-refractivity contribution in [3.05, 3.63) is 53.6 Å². The lowest BCUT2D eigenvalue weighted by Crippen LogP contribution is -2.30. The van der Waals surface area contributed by atoms with Crippen LogP contribution < -0.4 is 9.47 Å². The lowest BCUT2D eigenvalue weighted by atomic mass is 10.1. The Morgan fingerprint density at radius 2 is 1.86 bits per heavy atom. The zero-order valence-electron chi connectivity index (χ0n) is 16.7. The van der Waals surface area contributed by atoms with Crippen LogP contribution in [0.1, 0.15) is 42.2 Å². The Hall–Kier alpha value is -2.34. The number of phenols is 1. The highest BCUT2D eigenvalue weighted by molar-refractivity contribution is 8.00. The standard InChI is InChI=1S/C23H27NO4S/c1-27-20-11-8-17(14-21(20)28-19-4-2-3-5-19)23-24(22(26)15-29-23)13-12-16-6-9-18(25)10-7-16/h6-11,14,19,23,25H,2-5,12-13,15H2,1H3. The molecule has 1 aliphatic heterocycles. The molecule has 5 nitrogen and oxygen atoms in total. The second-order valence-electron chi connectivity index (χ2n) is 7.60. The zero-order valence-corrected chi connectivity index (χ0v) is 17.5. The average Bonchev–Trinajstić information content (AvgIpc) is 3.37. The highest BCUT2D eigenvalue weighted by Crippen LogP contribution is 2.42. The summed E-state index contributed by atoms with van der Waals surface area (Å²) >= 11 is 1.65. The van der Waals surface area contributed by atoms with Gasteiger partial charge in [-0.3, -0.25) is 4.79 Å². The molecular formula is C23H27NO4S. The molecule has 1 N–H and O–H groups in total. The van der Waals surface area contributed by atoms with Crippen molar-refractivity contribution in [2.45, 2.75) is 43.6 Å². The first-order valence-electron chi connectivity index (χ1n) is 10.2. The third-order valence-corrected chi connectivity index (χ3v) is 6.87. The molecule has 1 saturated carbocycles. The molecule has 0 radical (unpaired) electrons. The van der Waals surface area contributed by atoms with E-state index < -0.39 is 0 Å². The SMILES string of the molecule is COc1ccc(C2SCC(=O)N2CCc2ccc(O)cc2)cc1OC1CCCC1. The summed E-state index contributed by atoms with van der Waals surface area (Å²) in [5.41, 5.74) is 2.17. The number of phenolic OH excluding ortho intramolecular Hbond substituents is 1. The lowest BCUT2D eigenvalue weighted by Gasteiger charge is -2.25. The van der Waals surface area contributed by atoms with Gasteiger partial charge in [0.1, 0.15) is 11.1 Å². The molecule has 1 unspecified atom stereocenters. The largest absolute Gasteiger partial charge is 0.508 e. The molecule has 1 heterocycles. The Morgan fingerprint density at radius 1 is 1.10 bits per heavy atom. The van der Waals surface area contributed by atoms with Crippen LogP contribution in [-0.2, 0) is 11.2 Å². The predicted molar refractivity (Wildman–Crippen MR) is 115 cm³/mol. The van der Waals surface area contributed by atoms with Gasteiger partial charge in [0.15, 0.2) is 11.5 Å². The molecular weight excluding hydrogens is 386 g/mol. The first-order valence-corrected chi connectivity index (χ1v) is 11.2. The molecule has 154 valence electrons. The normalized spacial score (nSPS) is 19.7. The number of rotatable bonds is 7. The Labute approximate surface area is 176 Å². The van der Waals surface area contributed by atoms with E-state index in [1.54, 1.807) is 31.0 Å². The van der Waals surface area contributed by atoms with Gasteiger partial charge in [-0.05, 0) is 67.5 Å². The van der Waals surface area contributed by atoms with E-state index in [-0.39, 0.29) is 23.1 Å². The fourth-order valence-corrected chi connectivity index (χ4v) is 5.22. The molecule has 2 fully saturated rings. The van der Waals surface area contributed by atoms with Gasteiger partial charge in [-0.1, -0.05) is 18.2 Å². The van der Waals surface area contributed by atoms with Gasteiger partial charge in [-0.25, -0.2) is 0 Å². The van der Waals surface area contributed by atoms with E-state index in [9.17, 15) is 9.90 Å². The summed E-state index contributed by atoms with van der Waals surface area (Å²) in [6.45, 7) is 0.645. The number of methoxy groups -OCH3 is 1. The molecule has 0 aromatic heterocycles. The monoisotopic (exact) mass is 413 g/mol. The van der Waals surface area contributed by atoms with Crippen LogP contribution >= 0.6 is 11.8 Å². The van der Waals surface area contributed by atoms with Crippen LogP contribution in [-0.4, -0.2) is 41.4 Å². The summed E-state index contributed by atoms with van der Waals surface area (Å²) < 4.78 is 11.7. The molecule has 1 aliphatic carbocycles. The van der Waals surface area contributed by atoms with Crippen LogP contribution in [0.2, 0.25) is 0 Å². The number of hydrogen-bond acceptors (Lipinski definition) is 5. The van der Waals surface area contributed by atoms with Crippen LogP contribution in [0.25, 0.3) is 0 Å². The maximum atomic E-state index is 12.5. The van der Waals surface area contributed by atoms with E-state index in [4.69, 9.17) is 9.47 Å². The van der Waals surface area contributed by atoms with Crippen molar-refractivity contribution < 1.29 is 19.4 Å². The zero-order chi connectivity index (χ0) is 20.2. The fourth-order valence-electron chi connectivity index (χ4n) is 4.01. The lowest BCUT2D eigenvalue weighted by molar-refractivity contribution is -0.128. The molecule has 4 rings (SSSR count). The molecule has 2 aromatic rings. The van der Waals surface area contributed by atoms with Gasteiger partial charge in [0.2, 0.25) is 5.91 Å². The quantitative estimate of drug-likeness (QED) is 0.722. The Bertz CT molecular complexity index is 848. The van der Waals surface area contributed by atoms with E-state index >= 15 is 0 Å². The van der Waals surface area contributed by atoms with Crippen molar-refractivity contribution in [3.63, 3.8) is 0 Å². The van der Waals surface area contributed by atoms with E-state index in [0.29, 0.717) is 12.3 Å². The van der Waals surface area contributed by atoms with E-state index in [1.165, 1.54) is 12.8 Å². The molecule has 0 bridgehead atoms. The highest BCUT2D eigenvalue weighted by Gasteiger charge is 2.33. The molecule has 0 spiro atoms. The smallest absolute Gasteiger partial charge is 0.233 e. The van der Waals surface area contributed by atoms with Gasteiger partial charge in [0, 0.05) is 6.54 Å². The number of aromatic hydroxyl groups is 1. The molecule has 1 saturated heterocycles. The van der Waals surface area contributed by atoms with Crippen LogP contribution in [0.15, 0.2) is 42.5 Å². The van der Waals surface area contributed by atoms with Crippen molar-refractivity contribution in [3.8, 4) is 17.2 Å². The van der Waals surface area contributed by atoms with Crippen molar-refractivity contribution in [2.24, 2.45) is 0 Å². The third kappa shape index (κ3) is 4.64. The molecule has 2 aliphatic rings. The van der Waals surface area contributed by atoms with Crippen molar-refractivity contribution in [2.75, 3.05) is 19.4 Å². The van der Waals surface area contributed by atoms with Crippen LogP contribution in [0.5, 0.6) is 17.2 Å². The van der Waals surface area contributed by atoms with Crippen molar-refractivity contribution in [1.29, 1.82) is 0 Å². The number of thioether (sulfide) groups is 1. The number of ether oxygens (including phenoxy) is 2. The summed E-state index contributed by atoms with van der Waals surface area (Å²) in [7, 11) is 1.66. The first kappa shape index (κ1) is 20.0. The summed E-state index contributed by atoms with van der Waals surface area (Å²) in [4.78, 5) is 14.5. The fraction of sp³-hybridized carbons (Fsp3) is 0.435.